The molecule has 1 aliphatic rings. The number of anilines is 2. The molecule has 0 unspecified atom stereocenters. The second-order valence-electron chi connectivity index (χ2n) is 5.66. The predicted octanol–water partition coefficient (Wildman–Crippen LogP) is 3.79. The third kappa shape index (κ3) is 4.08. The molecule has 1 heterocycles. The second kappa shape index (κ2) is 7.11. The van der Waals surface area contributed by atoms with E-state index >= 15 is 0 Å². The van der Waals surface area contributed by atoms with Gasteiger partial charge in [0, 0.05) is 22.9 Å². The molecule has 2 aromatic carbocycles. The van der Waals surface area contributed by atoms with Gasteiger partial charge in [-0.2, -0.15) is 8.42 Å². The summed E-state index contributed by atoms with van der Waals surface area (Å²) in [5.74, 6) is 0. The molecule has 3 rings (SSSR count). The highest BCUT2D eigenvalue weighted by Crippen LogP contribution is 2.37. The van der Waals surface area contributed by atoms with Crippen LogP contribution in [0, 0.1) is 0 Å². The van der Waals surface area contributed by atoms with Crippen LogP contribution in [0.25, 0.3) is 0 Å². The molecule has 0 spiro atoms. The van der Waals surface area contributed by atoms with E-state index in [-0.39, 0.29) is 6.61 Å². The third-order valence-corrected chi connectivity index (χ3v) is 4.74. The molecule has 0 saturated heterocycles. The molecule has 0 aliphatic carbocycles. The van der Waals surface area contributed by atoms with E-state index in [0.717, 1.165) is 24.2 Å². The fourth-order valence-corrected chi connectivity index (χ4v) is 3.51. The summed E-state index contributed by atoms with van der Waals surface area (Å²) in [6.07, 6.45) is 2.30. The molecular weight excluding hydrogens is 350 g/mol. The van der Waals surface area contributed by atoms with Gasteiger partial charge in [0.25, 0.3) is 0 Å². The van der Waals surface area contributed by atoms with E-state index in [2.05, 4.69) is 21.2 Å². The lowest BCUT2D eigenvalue weighted by Crippen LogP contribution is -2.21. The Balaban J connectivity index is 1.89. The van der Waals surface area contributed by atoms with Crippen molar-refractivity contribution in [3.05, 3.63) is 58.6 Å². The monoisotopic (exact) mass is 367 g/mol. The van der Waals surface area contributed by atoms with E-state index in [0.29, 0.717) is 18.0 Å². The molecule has 0 saturated carbocycles. The normalized spacial score (nSPS) is 14.0. The lowest BCUT2D eigenvalue weighted by Gasteiger charge is -2.27. The summed E-state index contributed by atoms with van der Waals surface area (Å²) in [5, 5.41) is 0.660. The lowest BCUT2D eigenvalue weighted by atomic mass is 10.0. The van der Waals surface area contributed by atoms with Crippen LogP contribution in [0.5, 0.6) is 0 Å². The minimum atomic E-state index is -4.40. The van der Waals surface area contributed by atoms with Crippen molar-refractivity contribution < 1.29 is 17.2 Å². The lowest BCUT2D eigenvalue weighted by molar-refractivity contribution is 0.266. The van der Waals surface area contributed by atoms with Gasteiger partial charge in [0.15, 0.2) is 0 Å². The van der Waals surface area contributed by atoms with E-state index < -0.39 is 10.4 Å². The molecule has 0 bridgehead atoms. The Morgan fingerprint density at radius 3 is 2.54 bits per heavy atom. The summed E-state index contributed by atoms with van der Waals surface area (Å²) in [6.45, 7) is 0.479. The maximum atomic E-state index is 10.7. The molecule has 7 heteroatoms. The van der Waals surface area contributed by atoms with Gasteiger partial charge in [-0.05, 0) is 48.6 Å². The third-order valence-electron chi connectivity index (χ3n) is 4.04. The van der Waals surface area contributed by atoms with Crippen molar-refractivity contribution in [3.8, 4) is 0 Å². The number of benzene rings is 2. The first-order valence-corrected chi connectivity index (χ1v) is 9.44. The molecule has 1 N–H and O–H groups in total. The average Bonchev–Trinajstić information content (AvgIpc) is 2.68. The number of hydrogen-bond donors (Lipinski definition) is 1. The summed E-state index contributed by atoms with van der Waals surface area (Å²) >= 11 is 6.18. The van der Waals surface area contributed by atoms with E-state index in [9.17, 15) is 8.42 Å². The largest absolute Gasteiger partial charge is 0.397 e. The van der Waals surface area contributed by atoms with Crippen LogP contribution in [0.15, 0.2) is 42.5 Å². The van der Waals surface area contributed by atoms with Crippen LogP contribution in [0.3, 0.4) is 0 Å². The number of nitrogens with zero attached hydrogens (tertiary/aromatic N) is 1. The summed E-state index contributed by atoms with van der Waals surface area (Å²) in [5.41, 5.74) is 4.55. The molecule has 0 fully saturated rings. The van der Waals surface area contributed by atoms with Gasteiger partial charge in [-0.3, -0.25) is 4.55 Å². The quantitative estimate of drug-likeness (QED) is 0.643. The highest BCUT2D eigenvalue weighted by Gasteiger charge is 2.20. The molecule has 128 valence electrons. The molecule has 24 heavy (non-hydrogen) atoms. The molecule has 0 radical (unpaired) electrons. The first kappa shape index (κ1) is 17.2. The molecule has 2 aromatic rings. The molecule has 0 amide bonds. The Labute approximate surface area is 146 Å². The maximum Gasteiger partial charge on any atom is 0.397 e. The SMILES string of the molecule is O=S(=O)(O)OCCCN1c2ccccc2CCc2ccc(Cl)cc21. The summed E-state index contributed by atoms with van der Waals surface area (Å²) in [7, 11) is -4.40. The van der Waals surface area contributed by atoms with E-state index in [4.69, 9.17) is 16.2 Å². The Morgan fingerprint density at radius 1 is 1.08 bits per heavy atom. The fraction of sp³-hybridized carbons (Fsp3) is 0.294. The van der Waals surface area contributed by atoms with Crippen LogP contribution in [0.2, 0.25) is 5.02 Å². The zero-order valence-electron chi connectivity index (χ0n) is 13.0. The Morgan fingerprint density at radius 2 is 1.79 bits per heavy atom. The number of para-hydroxylation sites is 1. The summed E-state index contributed by atoms with van der Waals surface area (Å²) < 4.78 is 34.5. The number of rotatable bonds is 5. The van der Waals surface area contributed by atoms with Crippen molar-refractivity contribution in [3.63, 3.8) is 0 Å². The van der Waals surface area contributed by atoms with Crippen molar-refractivity contribution in [2.24, 2.45) is 0 Å². The predicted molar refractivity (Wildman–Crippen MR) is 94.4 cm³/mol. The van der Waals surface area contributed by atoms with Crippen LogP contribution in [0.4, 0.5) is 11.4 Å². The Hall–Kier alpha value is -1.60. The summed E-state index contributed by atoms with van der Waals surface area (Å²) in [6, 6.07) is 14.0. The fourth-order valence-electron chi connectivity index (χ4n) is 3.01. The highest BCUT2D eigenvalue weighted by atomic mass is 35.5. The van der Waals surface area contributed by atoms with Crippen molar-refractivity contribution in [1.82, 2.24) is 0 Å². The first-order valence-electron chi connectivity index (χ1n) is 7.70. The molecule has 1 aliphatic heterocycles. The van der Waals surface area contributed by atoms with E-state index in [1.807, 2.05) is 30.3 Å². The Bertz CT molecular complexity index is 838. The second-order valence-corrected chi connectivity index (χ2v) is 7.18. The van der Waals surface area contributed by atoms with Crippen molar-refractivity contribution >= 4 is 33.4 Å². The number of fused-ring (bicyclic) bond motifs is 2. The van der Waals surface area contributed by atoms with Gasteiger partial charge in [-0.25, -0.2) is 4.18 Å². The van der Waals surface area contributed by atoms with Crippen molar-refractivity contribution in [2.45, 2.75) is 19.3 Å². The zero-order chi connectivity index (χ0) is 17.2. The number of halogens is 1. The summed E-state index contributed by atoms with van der Waals surface area (Å²) in [4.78, 5) is 2.14. The first-order chi connectivity index (χ1) is 11.4. The molecule has 0 aromatic heterocycles. The smallest absolute Gasteiger partial charge is 0.341 e. The van der Waals surface area contributed by atoms with Gasteiger partial charge in [0.2, 0.25) is 0 Å². The van der Waals surface area contributed by atoms with E-state index in [1.165, 1.54) is 11.1 Å². The highest BCUT2D eigenvalue weighted by molar-refractivity contribution is 7.80. The van der Waals surface area contributed by atoms with Gasteiger partial charge >= 0.3 is 10.4 Å². The van der Waals surface area contributed by atoms with Crippen LogP contribution >= 0.6 is 11.6 Å². The van der Waals surface area contributed by atoms with Crippen molar-refractivity contribution in [2.75, 3.05) is 18.1 Å². The van der Waals surface area contributed by atoms with Gasteiger partial charge in [0.05, 0.1) is 6.61 Å². The van der Waals surface area contributed by atoms with Crippen LogP contribution in [-0.2, 0) is 27.4 Å². The van der Waals surface area contributed by atoms with Crippen LogP contribution < -0.4 is 4.90 Å². The average molecular weight is 368 g/mol. The Kier molecular flexibility index (Phi) is 5.10. The van der Waals surface area contributed by atoms with Crippen LogP contribution in [-0.4, -0.2) is 26.1 Å². The number of aryl methyl sites for hydroxylation is 2. The molecule has 0 atom stereocenters. The van der Waals surface area contributed by atoms with Gasteiger partial charge in [0.1, 0.15) is 0 Å². The van der Waals surface area contributed by atoms with Crippen molar-refractivity contribution in [1.29, 1.82) is 0 Å². The minimum absolute atomic E-state index is 0.0760. The standard InChI is InChI=1S/C17H18ClNO4S/c18-15-9-8-14-7-6-13-4-1-2-5-16(13)19(17(14)12-15)10-3-11-23-24(20,21)22/h1-2,4-5,8-9,12H,3,6-7,10-11H2,(H,20,21,22). The molecule has 5 nitrogen and oxygen atoms in total. The zero-order valence-corrected chi connectivity index (χ0v) is 14.6. The van der Waals surface area contributed by atoms with Gasteiger partial charge < -0.3 is 4.90 Å². The van der Waals surface area contributed by atoms with Crippen LogP contribution in [0.1, 0.15) is 17.5 Å². The topological polar surface area (TPSA) is 66.8 Å². The van der Waals surface area contributed by atoms with Gasteiger partial charge in [-0.15, -0.1) is 0 Å². The molecular formula is C17H18ClNO4S. The number of hydrogen-bond acceptors (Lipinski definition) is 4. The van der Waals surface area contributed by atoms with Gasteiger partial charge in [-0.1, -0.05) is 35.9 Å². The maximum absolute atomic E-state index is 10.7. The van der Waals surface area contributed by atoms with E-state index in [1.54, 1.807) is 0 Å². The minimum Gasteiger partial charge on any atom is -0.341 e.